The van der Waals surface area contributed by atoms with Crippen molar-refractivity contribution in [3.8, 4) is 5.75 Å². The number of alkyl halides is 3. The summed E-state index contributed by atoms with van der Waals surface area (Å²) >= 11 is 0. The van der Waals surface area contributed by atoms with E-state index < -0.39 is 29.5 Å². The fourth-order valence-corrected chi connectivity index (χ4v) is 4.55. The number of benzene rings is 2. The van der Waals surface area contributed by atoms with Crippen LogP contribution in [0.2, 0.25) is 0 Å². The van der Waals surface area contributed by atoms with Gasteiger partial charge in [0.25, 0.3) is 5.91 Å². The van der Waals surface area contributed by atoms with E-state index >= 15 is 4.39 Å². The molecule has 0 fully saturated rings. The third kappa shape index (κ3) is 3.61. The lowest BCUT2D eigenvalue weighted by Crippen LogP contribution is -2.36. The molecule has 5 aromatic rings. The molecule has 37 heavy (non-hydrogen) atoms. The highest BCUT2D eigenvalue weighted by Crippen LogP contribution is 2.42. The van der Waals surface area contributed by atoms with Crippen LogP contribution in [0.4, 0.5) is 29.1 Å². The number of carbonyl (C=O) groups excluding carboxylic acids is 1. The molecule has 0 aliphatic carbocycles. The predicted octanol–water partition coefficient (Wildman–Crippen LogP) is 4.14. The van der Waals surface area contributed by atoms with Gasteiger partial charge in [0.2, 0.25) is 0 Å². The maximum absolute atomic E-state index is 15.3. The van der Waals surface area contributed by atoms with Gasteiger partial charge in [0, 0.05) is 24.9 Å². The number of hydrogen-bond donors (Lipinski definition) is 1. The Kier molecular flexibility index (Phi) is 4.87. The number of imidazole rings is 1. The molecule has 0 bridgehead atoms. The molecule has 4 heterocycles. The average Bonchev–Trinajstić information content (AvgIpc) is 3.59. The molecule has 2 N–H and O–H groups in total. The third-order valence-corrected chi connectivity index (χ3v) is 6.29. The van der Waals surface area contributed by atoms with Crippen molar-refractivity contribution in [2.75, 3.05) is 17.2 Å². The molecular formula is C24H17F4N7O2. The first-order chi connectivity index (χ1) is 17.6. The molecule has 1 atom stereocenters. The van der Waals surface area contributed by atoms with Gasteiger partial charge in [-0.3, -0.25) is 18.8 Å². The van der Waals surface area contributed by atoms with Crippen molar-refractivity contribution in [2.24, 2.45) is 7.05 Å². The molecule has 1 amide bonds. The first-order valence-corrected chi connectivity index (χ1v) is 11.0. The monoisotopic (exact) mass is 511 g/mol. The molecule has 3 aromatic heterocycles. The topological polar surface area (TPSA) is 104 Å². The van der Waals surface area contributed by atoms with Crippen LogP contribution < -0.4 is 15.4 Å². The first kappa shape index (κ1) is 22.8. The number of rotatable bonds is 3. The van der Waals surface area contributed by atoms with E-state index in [1.807, 2.05) is 0 Å². The maximum atomic E-state index is 15.3. The highest BCUT2D eigenvalue weighted by Gasteiger charge is 2.38. The van der Waals surface area contributed by atoms with Crippen LogP contribution in [-0.2, 0) is 13.2 Å². The van der Waals surface area contributed by atoms with Gasteiger partial charge < -0.3 is 10.5 Å². The van der Waals surface area contributed by atoms with Crippen molar-refractivity contribution in [2.45, 2.75) is 12.2 Å². The second-order valence-electron chi connectivity index (χ2n) is 8.59. The molecule has 9 nitrogen and oxygen atoms in total. The predicted molar refractivity (Wildman–Crippen MR) is 125 cm³/mol. The zero-order valence-corrected chi connectivity index (χ0v) is 19.1. The first-order valence-electron chi connectivity index (χ1n) is 11.0. The van der Waals surface area contributed by atoms with Gasteiger partial charge in [-0.05, 0) is 18.2 Å². The van der Waals surface area contributed by atoms with Gasteiger partial charge in [0.1, 0.15) is 29.5 Å². The SMILES string of the molecule is Cn1cc(N(C(=O)c2cc3c(cc2F)nc(N)c2cncn23)[C@@H]2COc3cc(C(F)(F)F)ccc32)cn1. The molecule has 1 aliphatic heterocycles. The van der Waals surface area contributed by atoms with Crippen molar-refractivity contribution in [3.63, 3.8) is 0 Å². The summed E-state index contributed by atoms with van der Waals surface area (Å²) in [7, 11) is 1.64. The number of nitrogens with two attached hydrogens (primary N) is 1. The fourth-order valence-electron chi connectivity index (χ4n) is 4.55. The normalized spacial score (nSPS) is 15.2. The van der Waals surface area contributed by atoms with Crippen LogP contribution in [0.25, 0.3) is 16.6 Å². The van der Waals surface area contributed by atoms with E-state index in [1.165, 1.54) is 40.4 Å². The Hall–Kier alpha value is -4.68. The van der Waals surface area contributed by atoms with E-state index in [0.717, 1.165) is 18.2 Å². The lowest BCUT2D eigenvalue weighted by atomic mass is 10.0. The lowest BCUT2D eigenvalue weighted by molar-refractivity contribution is -0.137. The Morgan fingerprint density at radius 1 is 1.19 bits per heavy atom. The molecule has 0 spiro atoms. The number of anilines is 2. The number of carbonyl (C=O) groups is 1. The number of aryl methyl sites for hydroxylation is 1. The Bertz CT molecular complexity index is 1710. The van der Waals surface area contributed by atoms with E-state index in [-0.39, 0.29) is 29.3 Å². The van der Waals surface area contributed by atoms with Crippen LogP contribution in [-0.4, -0.2) is 36.7 Å². The number of fused-ring (bicyclic) bond motifs is 4. The van der Waals surface area contributed by atoms with Gasteiger partial charge in [-0.15, -0.1) is 0 Å². The Balaban J connectivity index is 1.49. The van der Waals surface area contributed by atoms with E-state index in [1.54, 1.807) is 17.6 Å². The van der Waals surface area contributed by atoms with Crippen LogP contribution in [0.1, 0.15) is 27.5 Å². The van der Waals surface area contributed by atoms with E-state index in [2.05, 4.69) is 15.1 Å². The zero-order valence-electron chi connectivity index (χ0n) is 19.1. The molecule has 0 radical (unpaired) electrons. The number of hydrogen-bond acceptors (Lipinski definition) is 6. The molecule has 0 saturated carbocycles. The van der Waals surface area contributed by atoms with Gasteiger partial charge in [-0.1, -0.05) is 6.07 Å². The van der Waals surface area contributed by atoms with E-state index in [9.17, 15) is 18.0 Å². The van der Waals surface area contributed by atoms with Crippen LogP contribution in [0.3, 0.4) is 0 Å². The van der Waals surface area contributed by atoms with Crippen molar-refractivity contribution in [1.29, 1.82) is 0 Å². The third-order valence-electron chi connectivity index (χ3n) is 6.29. The molecule has 188 valence electrons. The standard InChI is InChI=1S/C24H17F4N7O2/c1-33-9-13(7-31-33)35(20-10-37-21-4-12(24(26,27)28)2-3-14(20)21)23(36)15-5-18-17(6-16(15)25)32-22(29)19-8-30-11-34(18)19/h2-9,11,20H,10H2,1H3,(H2,29,32)/t20-/m1/s1. The number of aromatic nitrogens is 5. The summed E-state index contributed by atoms with van der Waals surface area (Å²) in [5.41, 5.74) is 6.57. The summed E-state index contributed by atoms with van der Waals surface area (Å²) in [6.45, 7) is -0.129. The minimum absolute atomic E-state index is 0.000276. The summed E-state index contributed by atoms with van der Waals surface area (Å²) in [4.78, 5) is 23.5. The van der Waals surface area contributed by atoms with Crippen molar-refractivity contribution >= 4 is 34.0 Å². The highest BCUT2D eigenvalue weighted by atomic mass is 19.4. The highest BCUT2D eigenvalue weighted by molar-refractivity contribution is 6.08. The van der Waals surface area contributed by atoms with Crippen molar-refractivity contribution < 1.29 is 27.1 Å². The van der Waals surface area contributed by atoms with E-state index in [4.69, 9.17) is 10.5 Å². The van der Waals surface area contributed by atoms with Crippen molar-refractivity contribution in [3.05, 3.63) is 77.8 Å². The van der Waals surface area contributed by atoms with Crippen LogP contribution in [0, 0.1) is 5.82 Å². The van der Waals surface area contributed by atoms with Crippen LogP contribution >= 0.6 is 0 Å². The summed E-state index contributed by atoms with van der Waals surface area (Å²) < 4.78 is 63.6. The lowest BCUT2D eigenvalue weighted by Gasteiger charge is -2.27. The molecule has 2 aromatic carbocycles. The zero-order chi connectivity index (χ0) is 26.1. The molecule has 1 aliphatic rings. The molecule has 0 unspecified atom stereocenters. The minimum atomic E-state index is -4.56. The number of ether oxygens (including phenoxy) is 1. The minimum Gasteiger partial charge on any atom is -0.491 e. The molecular weight excluding hydrogens is 494 g/mol. The van der Waals surface area contributed by atoms with Crippen LogP contribution in [0.5, 0.6) is 5.75 Å². The quantitative estimate of drug-likeness (QED) is 0.366. The summed E-state index contributed by atoms with van der Waals surface area (Å²) in [6, 6.07) is 4.71. The van der Waals surface area contributed by atoms with Crippen LogP contribution in [0.15, 0.2) is 55.2 Å². The Morgan fingerprint density at radius 3 is 2.73 bits per heavy atom. The van der Waals surface area contributed by atoms with Gasteiger partial charge in [-0.2, -0.15) is 18.3 Å². The van der Waals surface area contributed by atoms with E-state index in [0.29, 0.717) is 22.3 Å². The maximum Gasteiger partial charge on any atom is 0.416 e. The molecule has 6 rings (SSSR count). The largest absolute Gasteiger partial charge is 0.491 e. The number of amides is 1. The Morgan fingerprint density at radius 2 is 2.00 bits per heavy atom. The van der Waals surface area contributed by atoms with Gasteiger partial charge in [-0.25, -0.2) is 14.4 Å². The average molecular weight is 511 g/mol. The summed E-state index contributed by atoms with van der Waals surface area (Å²) in [6.07, 6.45) is 1.38. The fraction of sp³-hybridized carbons (Fsp3) is 0.167. The number of halogens is 4. The Labute approximate surface area is 205 Å². The van der Waals surface area contributed by atoms with Crippen molar-refractivity contribution in [1.82, 2.24) is 24.1 Å². The second-order valence-corrected chi connectivity index (χ2v) is 8.59. The number of nitrogen functional groups attached to an aromatic ring is 1. The molecule has 0 saturated heterocycles. The summed E-state index contributed by atoms with van der Waals surface area (Å²) in [5.74, 6) is -1.43. The second kappa shape index (κ2) is 7.91. The van der Waals surface area contributed by atoms with Gasteiger partial charge in [0.05, 0.1) is 52.6 Å². The summed E-state index contributed by atoms with van der Waals surface area (Å²) in [5, 5.41) is 4.11. The number of nitrogens with zero attached hydrogens (tertiary/aromatic N) is 6. The van der Waals surface area contributed by atoms with Gasteiger partial charge >= 0.3 is 6.18 Å². The van der Waals surface area contributed by atoms with Gasteiger partial charge in [0.15, 0.2) is 0 Å². The smallest absolute Gasteiger partial charge is 0.416 e. The molecule has 13 heteroatoms.